The molecule has 0 amide bonds. The number of esters is 2. The summed E-state index contributed by atoms with van der Waals surface area (Å²) in [4.78, 5) is 61.1. The number of ketones is 3. The minimum Gasteiger partial charge on any atom is -0.462 e. The second-order valence-electron chi connectivity index (χ2n) is 6.93. The number of thioether (sulfide) groups is 1. The first-order valence-corrected chi connectivity index (χ1v) is 11.1. The predicted molar refractivity (Wildman–Crippen MR) is 121 cm³/mol. The van der Waals surface area contributed by atoms with Gasteiger partial charge in [0.25, 0.3) is 0 Å². The highest BCUT2D eigenvalue weighted by Crippen LogP contribution is 2.30. The number of halogens is 1. The maximum atomic E-state index is 12.6. The molecule has 3 rings (SSSR count). The average Bonchev–Trinajstić information content (AvgIpc) is 3.25. The summed E-state index contributed by atoms with van der Waals surface area (Å²) in [5.74, 6) is -2.94. The van der Waals surface area contributed by atoms with Crippen LogP contribution in [-0.2, 0) is 19.1 Å². The fourth-order valence-corrected chi connectivity index (χ4v) is 3.54. The molecule has 0 spiro atoms. The molecule has 0 aliphatic heterocycles. The Morgan fingerprint density at radius 1 is 1.03 bits per heavy atom. The van der Waals surface area contributed by atoms with Crippen molar-refractivity contribution in [1.82, 2.24) is 0 Å². The zero-order valence-corrected chi connectivity index (χ0v) is 19.3. The average molecular weight is 496 g/mol. The molecule has 33 heavy (non-hydrogen) atoms. The first kappa shape index (κ1) is 26.3. The van der Waals surface area contributed by atoms with Gasteiger partial charge in [-0.1, -0.05) is 24.3 Å². The third-order valence-corrected chi connectivity index (χ3v) is 5.35. The van der Waals surface area contributed by atoms with Gasteiger partial charge in [-0.25, -0.2) is 0 Å². The highest BCUT2D eigenvalue weighted by atomic mass is 35.5. The van der Waals surface area contributed by atoms with Crippen molar-refractivity contribution < 1.29 is 37.9 Å². The van der Waals surface area contributed by atoms with E-state index in [1.165, 1.54) is 18.2 Å². The van der Waals surface area contributed by atoms with Crippen LogP contribution in [0, 0.1) is 0 Å². The van der Waals surface area contributed by atoms with E-state index in [1.807, 2.05) is 6.26 Å². The molecule has 0 bridgehead atoms. The van der Waals surface area contributed by atoms with Gasteiger partial charge in [0.1, 0.15) is 25.7 Å². The molecule has 176 valence electrons. The molecule has 0 saturated carbocycles. The van der Waals surface area contributed by atoms with Crippen molar-refractivity contribution >= 4 is 53.5 Å². The monoisotopic (exact) mass is 495 g/mol. The molecule has 1 heterocycles. The SMILES string of the molecule is CSCC[C@H](N)C(=O)OCCOC(=O)CC(=O)c1cc2c(o1)C(=O)c1ccccc1C2=O.Cl. The Hall–Kier alpha value is -2.95. The summed E-state index contributed by atoms with van der Waals surface area (Å²) in [5.41, 5.74) is 6.07. The fraction of sp³-hybridized carbons (Fsp3) is 0.318. The normalized spacial score (nSPS) is 12.8. The van der Waals surface area contributed by atoms with Crippen molar-refractivity contribution in [3.63, 3.8) is 0 Å². The highest BCUT2D eigenvalue weighted by Gasteiger charge is 2.34. The van der Waals surface area contributed by atoms with Crippen LogP contribution in [0.1, 0.15) is 55.4 Å². The Morgan fingerprint density at radius 3 is 2.33 bits per heavy atom. The van der Waals surface area contributed by atoms with E-state index in [0.29, 0.717) is 12.2 Å². The van der Waals surface area contributed by atoms with Crippen LogP contribution < -0.4 is 5.73 Å². The Morgan fingerprint density at radius 2 is 1.67 bits per heavy atom. The zero-order valence-electron chi connectivity index (χ0n) is 17.7. The van der Waals surface area contributed by atoms with Crippen molar-refractivity contribution in [2.24, 2.45) is 5.73 Å². The summed E-state index contributed by atoms with van der Waals surface area (Å²) in [7, 11) is 0. The third-order valence-electron chi connectivity index (χ3n) is 4.71. The summed E-state index contributed by atoms with van der Waals surface area (Å²) in [6.45, 7) is -0.434. The first-order valence-electron chi connectivity index (χ1n) is 9.75. The number of fused-ring (bicyclic) bond motifs is 2. The van der Waals surface area contributed by atoms with E-state index >= 15 is 0 Å². The number of Topliss-reactive ketones (excluding diaryl/α,β-unsaturated/α-hetero) is 1. The largest absolute Gasteiger partial charge is 0.462 e. The van der Waals surface area contributed by atoms with Crippen molar-refractivity contribution in [3.8, 4) is 0 Å². The van der Waals surface area contributed by atoms with Gasteiger partial charge in [0.05, 0.1) is 5.56 Å². The van der Waals surface area contributed by atoms with Gasteiger partial charge in [-0.3, -0.25) is 24.0 Å². The Bertz CT molecular complexity index is 1030. The summed E-state index contributed by atoms with van der Waals surface area (Å²) in [6.07, 6.45) is 1.70. The van der Waals surface area contributed by atoms with Crippen molar-refractivity contribution in [1.29, 1.82) is 0 Å². The van der Waals surface area contributed by atoms with Crippen LogP contribution in [0.4, 0.5) is 0 Å². The molecule has 0 unspecified atom stereocenters. The lowest BCUT2D eigenvalue weighted by Crippen LogP contribution is -2.33. The molecule has 0 fully saturated rings. The van der Waals surface area contributed by atoms with Crippen LogP contribution in [0.25, 0.3) is 0 Å². The molecule has 2 N–H and O–H groups in total. The second kappa shape index (κ2) is 11.8. The molecule has 2 aromatic rings. The number of benzene rings is 1. The molecule has 0 saturated heterocycles. The lowest BCUT2D eigenvalue weighted by atomic mass is 9.88. The van der Waals surface area contributed by atoms with Gasteiger partial charge >= 0.3 is 11.9 Å². The molecular weight excluding hydrogens is 474 g/mol. The van der Waals surface area contributed by atoms with Crippen LogP contribution >= 0.6 is 24.2 Å². The number of hydrogen-bond donors (Lipinski definition) is 1. The number of carbonyl (C=O) groups is 5. The molecule has 1 aromatic heterocycles. The van der Waals surface area contributed by atoms with Crippen LogP contribution in [0.2, 0.25) is 0 Å². The third kappa shape index (κ3) is 6.10. The highest BCUT2D eigenvalue weighted by molar-refractivity contribution is 7.98. The summed E-state index contributed by atoms with van der Waals surface area (Å²) < 4.78 is 15.1. The number of ether oxygens (including phenoxy) is 2. The van der Waals surface area contributed by atoms with E-state index in [0.717, 1.165) is 0 Å². The summed E-state index contributed by atoms with van der Waals surface area (Å²) in [5, 5.41) is 0. The van der Waals surface area contributed by atoms with E-state index in [-0.39, 0.29) is 53.8 Å². The van der Waals surface area contributed by atoms with E-state index in [1.54, 1.807) is 23.9 Å². The van der Waals surface area contributed by atoms with Gasteiger partial charge < -0.3 is 19.6 Å². The lowest BCUT2D eigenvalue weighted by molar-refractivity contribution is -0.152. The Labute approximate surface area is 199 Å². The first-order chi connectivity index (χ1) is 15.3. The molecular formula is C22H22ClNO8S. The van der Waals surface area contributed by atoms with E-state index < -0.39 is 41.8 Å². The van der Waals surface area contributed by atoms with Crippen LogP contribution in [-0.4, -0.2) is 60.6 Å². The van der Waals surface area contributed by atoms with Gasteiger partial charge in [-0.05, 0) is 24.5 Å². The van der Waals surface area contributed by atoms with E-state index in [9.17, 15) is 24.0 Å². The van der Waals surface area contributed by atoms with E-state index in [2.05, 4.69) is 0 Å². The number of hydrogen-bond acceptors (Lipinski definition) is 10. The van der Waals surface area contributed by atoms with Gasteiger partial charge in [0.15, 0.2) is 17.3 Å². The minimum absolute atomic E-state index is 0. The summed E-state index contributed by atoms with van der Waals surface area (Å²) in [6, 6.07) is 6.69. The molecule has 1 aliphatic rings. The molecule has 1 aliphatic carbocycles. The van der Waals surface area contributed by atoms with Crippen LogP contribution in [0.3, 0.4) is 0 Å². The standard InChI is InChI=1S/C22H21NO8S.ClH/c1-32-9-6-15(23)22(28)30-8-7-29-18(25)11-16(24)17-10-14-19(26)12-4-2-3-5-13(12)20(27)21(14)31-17;/h2-5,10,15H,6-9,11,23H2,1H3;1H/t15-;/m0./s1. The van der Waals surface area contributed by atoms with Crippen LogP contribution in [0.15, 0.2) is 34.7 Å². The minimum atomic E-state index is -0.868. The number of carbonyl (C=O) groups excluding carboxylic acids is 5. The molecule has 0 radical (unpaired) electrons. The number of rotatable bonds is 10. The zero-order chi connectivity index (χ0) is 23.3. The quantitative estimate of drug-likeness (QED) is 0.192. The fourth-order valence-electron chi connectivity index (χ4n) is 3.05. The van der Waals surface area contributed by atoms with Gasteiger partial charge in [-0.2, -0.15) is 11.8 Å². The molecule has 1 atom stereocenters. The maximum absolute atomic E-state index is 12.6. The number of nitrogens with two attached hydrogens (primary N) is 1. The van der Waals surface area contributed by atoms with E-state index in [4.69, 9.17) is 19.6 Å². The Balaban J connectivity index is 0.00000385. The maximum Gasteiger partial charge on any atom is 0.323 e. The lowest BCUT2D eigenvalue weighted by Gasteiger charge is -2.11. The van der Waals surface area contributed by atoms with Gasteiger partial charge in [-0.15, -0.1) is 12.4 Å². The summed E-state index contributed by atoms with van der Waals surface area (Å²) >= 11 is 1.56. The molecule has 11 heteroatoms. The van der Waals surface area contributed by atoms with Crippen molar-refractivity contribution in [2.75, 3.05) is 25.2 Å². The topological polar surface area (TPSA) is 143 Å². The smallest absolute Gasteiger partial charge is 0.323 e. The van der Waals surface area contributed by atoms with Crippen LogP contribution in [0.5, 0.6) is 0 Å². The molecule has 1 aromatic carbocycles. The van der Waals surface area contributed by atoms with Crippen molar-refractivity contribution in [2.45, 2.75) is 18.9 Å². The Kier molecular flexibility index (Phi) is 9.39. The predicted octanol–water partition coefficient (Wildman–Crippen LogP) is 2.22. The van der Waals surface area contributed by atoms with Gasteiger partial charge in [0, 0.05) is 11.1 Å². The second-order valence-corrected chi connectivity index (χ2v) is 7.92. The number of furan rings is 1. The van der Waals surface area contributed by atoms with Crippen molar-refractivity contribution in [3.05, 3.63) is 58.5 Å². The van der Waals surface area contributed by atoms with Gasteiger partial charge in [0.2, 0.25) is 11.6 Å². The molecule has 9 nitrogen and oxygen atoms in total.